The molecular weight excluding hydrogens is 305 g/mol. The molecule has 0 heterocycles. The summed E-state index contributed by atoms with van der Waals surface area (Å²) in [7, 11) is -4.18. The van der Waals surface area contributed by atoms with Gasteiger partial charge in [0.05, 0.1) is 4.90 Å². The molecule has 2 N–H and O–H groups in total. The van der Waals surface area contributed by atoms with Gasteiger partial charge in [-0.25, -0.2) is 8.42 Å². The molecular formula is C13H19F3N2O2S. The Morgan fingerprint density at radius 1 is 1.19 bits per heavy atom. The van der Waals surface area contributed by atoms with Gasteiger partial charge < -0.3 is 5.73 Å². The van der Waals surface area contributed by atoms with Crippen LogP contribution in [0.4, 0.5) is 13.2 Å². The van der Waals surface area contributed by atoms with Crippen LogP contribution in [-0.2, 0) is 16.4 Å². The highest BCUT2D eigenvalue weighted by Crippen LogP contribution is 2.24. The minimum atomic E-state index is -4.59. The first-order valence-corrected chi connectivity index (χ1v) is 7.89. The van der Waals surface area contributed by atoms with E-state index in [4.69, 9.17) is 5.73 Å². The van der Waals surface area contributed by atoms with Crippen LogP contribution in [-0.4, -0.2) is 38.0 Å². The van der Waals surface area contributed by atoms with E-state index < -0.39 is 28.8 Å². The lowest BCUT2D eigenvalue weighted by atomic mass is 10.2. The van der Waals surface area contributed by atoms with Crippen molar-refractivity contribution < 1.29 is 21.6 Å². The number of nitrogens with zero attached hydrogens (tertiary/aromatic N) is 1. The van der Waals surface area contributed by atoms with E-state index in [1.807, 2.05) is 0 Å². The van der Waals surface area contributed by atoms with Gasteiger partial charge in [0.2, 0.25) is 10.0 Å². The van der Waals surface area contributed by atoms with Gasteiger partial charge in [-0.2, -0.15) is 17.5 Å². The Morgan fingerprint density at radius 3 is 2.10 bits per heavy atom. The maximum atomic E-state index is 12.6. The minimum absolute atomic E-state index is 0.152. The van der Waals surface area contributed by atoms with E-state index >= 15 is 0 Å². The molecule has 1 aromatic rings. The van der Waals surface area contributed by atoms with Crippen LogP contribution in [0.5, 0.6) is 0 Å². The number of alkyl halides is 3. The third kappa shape index (κ3) is 4.98. The molecule has 21 heavy (non-hydrogen) atoms. The molecule has 120 valence electrons. The molecule has 4 nitrogen and oxygen atoms in total. The summed E-state index contributed by atoms with van der Waals surface area (Å²) in [5.41, 5.74) is 6.23. The van der Waals surface area contributed by atoms with Crippen LogP contribution in [0, 0.1) is 0 Å². The SMILES string of the molecule is CC(C)N(CC(F)(F)F)S(=O)(=O)c1ccc(CCN)cc1. The van der Waals surface area contributed by atoms with Crippen LogP contribution in [0.25, 0.3) is 0 Å². The molecule has 0 amide bonds. The van der Waals surface area contributed by atoms with Crippen molar-refractivity contribution in [3.63, 3.8) is 0 Å². The summed E-state index contributed by atoms with van der Waals surface area (Å²) in [6, 6.07) is 4.95. The van der Waals surface area contributed by atoms with Crippen LogP contribution in [0.2, 0.25) is 0 Å². The predicted molar refractivity (Wildman–Crippen MR) is 74.3 cm³/mol. The van der Waals surface area contributed by atoms with E-state index in [0.717, 1.165) is 5.56 Å². The van der Waals surface area contributed by atoms with Crippen LogP contribution in [0.15, 0.2) is 29.2 Å². The highest BCUT2D eigenvalue weighted by molar-refractivity contribution is 7.89. The summed E-state index contributed by atoms with van der Waals surface area (Å²) in [4.78, 5) is -0.152. The van der Waals surface area contributed by atoms with Crippen molar-refractivity contribution >= 4 is 10.0 Å². The normalized spacial score (nSPS) is 13.1. The standard InChI is InChI=1S/C13H19F3N2O2S/c1-10(2)18(9-13(14,15)16)21(19,20)12-5-3-11(4-6-12)7-8-17/h3-6,10H,7-9,17H2,1-2H3. The molecule has 0 bridgehead atoms. The third-order valence-corrected chi connectivity index (χ3v) is 4.91. The average Bonchev–Trinajstić information content (AvgIpc) is 2.35. The summed E-state index contributed by atoms with van der Waals surface area (Å²) in [5.74, 6) is 0. The molecule has 0 radical (unpaired) electrons. The first-order valence-electron chi connectivity index (χ1n) is 6.45. The number of halogens is 3. The zero-order valence-corrected chi connectivity index (χ0v) is 12.7. The van der Waals surface area contributed by atoms with Crippen LogP contribution >= 0.6 is 0 Å². The maximum Gasteiger partial charge on any atom is 0.402 e. The lowest BCUT2D eigenvalue weighted by molar-refractivity contribution is -0.138. The van der Waals surface area contributed by atoms with E-state index in [0.29, 0.717) is 17.3 Å². The number of hydrogen-bond donors (Lipinski definition) is 1. The monoisotopic (exact) mass is 324 g/mol. The van der Waals surface area contributed by atoms with E-state index in [9.17, 15) is 21.6 Å². The topological polar surface area (TPSA) is 63.4 Å². The third-order valence-electron chi connectivity index (χ3n) is 2.87. The van der Waals surface area contributed by atoms with Crippen molar-refractivity contribution in [3.8, 4) is 0 Å². The Kier molecular flexibility index (Phi) is 5.77. The van der Waals surface area contributed by atoms with Crippen molar-refractivity contribution in [2.24, 2.45) is 5.73 Å². The maximum absolute atomic E-state index is 12.6. The Hall–Kier alpha value is -1.12. The first kappa shape index (κ1) is 17.9. The molecule has 0 aliphatic heterocycles. The fraction of sp³-hybridized carbons (Fsp3) is 0.538. The van der Waals surface area contributed by atoms with E-state index in [-0.39, 0.29) is 4.90 Å². The van der Waals surface area contributed by atoms with E-state index in [1.165, 1.54) is 26.0 Å². The Morgan fingerprint density at radius 2 is 1.71 bits per heavy atom. The quantitative estimate of drug-likeness (QED) is 0.872. The molecule has 0 atom stereocenters. The van der Waals surface area contributed by atoms with Crippen molar-refractivity contribution in [3.05, 3.63) is 29.8 Å². The smallest absolute Gasteiger partial charge is 0.330 e. The van der Waals surface area contributed by atoms with Gasteiger partial charge in [0.15, 0.2) is 0 Å². The second-order valence-corrected chi connectivity index (χ2v) is 6.83. The summed E-state index contributed by atoms with van der Waals surface area (Å²) >= 11 is 0. The summed E-state index contributed by atoms with van der Waals surface area (Å²) in [6.07, 6.45) is -4.01. The number of nitrogens with two attached hydrogens (primary N) is 1. The fourth-order valence-electron chi connectivity index (χ4n) is 1.85. The number of sulfonamides is 1. The van der Waals surface area contributed by atoms with Crippen molar-refractivity contribution in [1.82, 2.24) is 4.31 Å². The lowest BCUT2D eigenvalue weighted by Crippen LogP contribution is -2.43. The van der Waals surface area contributed by atoms with Crippen LogP contribution in [0.3, 0.4) is 0 Å². The van der Waals surface area contributed by atoms with Gasteiger partial charge in [-0.1, -0.05) is 12.1 Å². The number of hydrogen-bond acceptors (Lipinski definition) is 3. The Bertz CT molecular complexity index is 554. The number of benzene rings is 1. The summed E-state index contributed by atoms with van der Waals surface area (Å²) < 4.78 is 62.8. The van der Waals surface area contributed by atoms with E-state index in [1.54, 1.807) is 12.1 Å². The number of rotatable bonds is 6. The molecule has 0 saturated carbocycles. The van der Waals surface area contributed by atoms with Crippen molar-refractivity contribution in [2.45, 2.75) is 37.4 Å². The molecule has 0 aliphatic rings. The molecule has 0 aromatic heterocycles. The molecule has 0 fully saturated rings. The average molecular weight is 324 g/mol. The second kappa shape index (κ2) is 6.76. The van der Waals surface area contributed by atoms with Gasteiger partial charge in [-0.15, -0.1) is 0 Å². The lowest BCUT2D eigenvalue weighted by Gasteiger charge is -2.26. The van der Waals surface area contributed by atoms with Gasteiger partial charge in [0.1, 0.15) is 6.54 Å². The van der Waals surface area contributed by atoms with Gasteiger partial charge in [0, 0.05) is 6.04 Å². The van der Waals surface area contributed by atoms with Gasteiger partial charge in [0.25, 0.3) is 0 Å². The fourth-order valence-corrected chi connectivity index (χ4v) is 3.47. The van der Waals surface area contributed by atoms with Crippen LogP contribution in [0.1, 0.15) is 19.4 Å². The predicted octanol–water partition coefficient (Wildman–Crippen LogP) is 2.15. The highest BCUT2D eigenvalue weighted by atomic mass is 32.2. The summed E-state index contributed by atoms with van der Waals surface area (Å²) in [5, 5.41) is 0. The van der Waals surface area contributed by atoms with Gasteiger partial charge in [-0.05, 0) is 44.5 Å². The second-order valence-electron chi connectivity index (χ2n) is 4.94. The van der Waals surface area contributed by atoms with Gasteiger partial charge in [-0.3, -0.25) is 0 Å². The molecule has 1 aromatic carbocycles. The first-order chi connectivity index (χ1) is 9.58. The van der Waals surface area contributed by atoms with Gasteiger partial charge >= 0.3 is 6.18 Å². The largest absolute Gasteiger partial charge is 0.402 e. The van der Waals surface area contributed by atoms with Crippen LogP contribution < -0.4 is 5.73 Å². The molecule has 0 spiro atoms. The van der Waals surface area contributed by atoms with Crippen molar-refractivity contribution in [2.75, 3.05) is 13.1 Å². The molecule has 0 aliphatic carbocycles. The molecule has 0 unspecified atom stereocenters. The highest BCUT2D eigenvalue weighted by Gasteiger charge is 2.38. The minimum Gasteiger partial charge on any atom is -0.330 e. The van der Waals surface area contributed by atoms with Crippen molar-refractivity contribution in [1.29, 1.82) is 0 Å². The zero-order valence-electron chi connectivity index (χ0n) is 11.9. The Balaban J connectivity index is 3.11. The zero-order chi connectivity index (χ0) is 16.3. The Labute approximate surface area is 122 Å². The molecule has 1 rings (SSSR count). The van der Waals surface area contributed by atoms with E-state index in [2.05, 4.69) is 0 Å². The molecule has 0 saturated heterocycles. The molecule has 8 heteroatoms. The summed E-state index contributed by atoms with van der Waals surface area (Å²) in [6.45, 7) is 1.73.